The first-order valence-electron chi connectivity index (χ1n) is 6.04. The van der Waals surface area contributed by atoms with Crippen LogP contribution in [-0.4, -0.2) is 17.2 Å². The van der Waals surface area contributed by atoms with E-state index in [0.717, 1.165) is 18.4 Å². The van der Waals surface area contributed by atoms with Crippen molar-refractivity contribution in [2.45, 2.75) is 38.4 Å². The molecule has 0 amide bonds. The second-order valence-electron chi connectivity index (χ2n) is 4.85. The molecule has 1 aromatic carbocycles. The van der Waals surface area contributed by atoms with Crippen molar-refractivity contribution in [3.05, 3.63) is 35.9 Å². The van der Waals surface area contributed by atoms with Crippen molar-refractivity contribution in [1.29, 1.82) is 0 Å². The zero-order valence-corrected chi connectivity index (χ0v) is 10.2. The van der Waals surface area contributed by atoms with Crippen LogP contribution in [0.15, 0.2) is 30.3 Å². The lowest BCUT2D eigenvalue weighted by Gasteiger charge is -2.32. The van der Waals surface area contributed by atoms with Crippen molar-refractivity contribution in [2.24, 2.45) is 5.92 Å². The third kappa shape index (κ3) is 2.20. The monoisotopic (exact) mass is 234 g/mol. The van der Waals surface area contributed by atoms with Gasteiger partial charge in [-0.3, -0.25) is 0 Å². The Hall–Kier alpha value is -1.35. The van der Waals surface area contributed by atoms with Gasteiger partial charge in [0.25, 0.3) is 0 Å². The molecule has 1 aliphatic rings. The molecule has 1 aromatic rings. The quantitative estimate of drug-likeness (QED) is 0.852. The first-order chi connectivity index (χ1) is 8.07. The van der Waals surface area contributed by atoms with E-state index in [-0.39, 0.29) is 12.0 Å². The highest BCUT2D eigenvalue weighted by Crippen LogP contribution is 2.49. The molecule has 0 radical (unpaired) electrons. The van der Waals surface area contributed by atoms with Gasteiger partial charge in [0.2, 0.25) is 0 Å². The number of rotatable bonds is 5. The van der Waals surface area contributed by atoms with Gasteiger partial charge in [-0.2, -0.15) is 0 Å². The molecule has 0 saturated heterocycles. The van der Waals surface area contributed by atoms with Crippen LogP contribution in [0.1, 0.15) is 32.3 Å². The number of carboxylic acids is 1. The summed E-state index contributed by atoms with van der Waals surface area (Å²) in [7, 11) is 0. The van der Waals surface area contributed by atoms with Crippen LogP contribution in [0.25, 0.3) is 0 Å². The third-order valence-electron chi connectivity index (χ3n) is 3.09. The van der Waals surface area contributed by atoms with E-state index in [2.05, 4.69) is 0 Å². The van der Waals surface area contributed by atoms with E-state index < -0.39 is 11.6 Å². The molecule has 2 rings (SSSR count). The van der Waals surface area contributed by atoms with Crippen LogP contribution in [0.2, 0.25) is 0 Å². The zero-order valence-electron chi connectivity index (χ0n) is 10.2. The van der Waals surface area contributed by atoms with Gasteiger partial charge in [-0.15, -0.1) is 0 Å². The molecule has 1 saturated carbocycles. The summed E-state index contributed by atoms with van der Waals surface area (Å²) in [4.78, 5) is 11.7. The van der Waals surface area contributed by atoms with E-state index in [9.17, 15) is 9.90 Å². The van der Waals surface area contributed by atoms with Crippen molar-refractivity contribution in [1.82, 2.24) is 0 Å². The van der Waals surface area contributed by atoms with Gasteiger partial charge in [0.1, 0.15) is 0 Å². The van der Waals surface area contributed by atoms with Crippen LogP contribution in [-0.2, 0) is 15.1 Å². The van der Waals surface area contributed by atoms with Crippen molar-refractivity contribution >= 4 is 5.97 Å². The first-order valence-corrected chi connectivity index (χ1v) is 6.04. The Labute approximate surface area is 101 Å². The molecule has 3 heteroatoms. The highest BCUT2D eigenvalue weighted by Gasteiger charge is 2.54. The maximum Gasteiger partial charge on any atom is 0.340 e. The van der Waals surface area contributed by atoms with Crippen LogP contribution in [0.3, 0.4) is 0 Å². The number of aliphatic carboxylic acids is 1. The maximum absolute atomic E-state index is 11.7. The van der Waals surface area contributed by atoms with Gasteiger partial charge in [-0.1, -0.05) is 30.3 Å². The molecule has 0 heterocycles. The smallest absolute Gasteiger partial charge is 0.340 e. The highest BCUT2D eigenvalue weighted by atomic mass is 16.5. The van der Waals surface area contributed by atoms with Gasteiger partial charge < -0.3 is 9.84 Å². The van der Waals surface area contributed by atoms with Gasteiger partial charge in [0, 0.05) is 5.92 Å². The Morgan fingerprint density at radius 3 is 2.35 bits per heavy atom. The maximum atomic E-state index is 11.7. The van der Waals surface area contributed by atoms with E-state index in [1.165, 1.54) is 0 Å². The van der Waals surface area contributed by atoms with Crippen molar-refractivity contribution in [3.8, 4) is 0 Å². The molecule has 0 spiro atoms. The van der Waals surface area contributed by atoms with Crippen LogP contribution in [0.5, 0.6) is 0 Å². The summed E-state index contributed by atoms with van der Waals surface area (Å²) in [6, 6.07) is 9.29. The van der Waals surface area contributed by atoms with Crippen molar-refractivity contribution in [2.75, 3.05) is 0 Å². The van der Waals surface area contributed by atoms with Crippen LogP contribution >= 0.6 is 0 Å². The molecule has 3 nitrogen and oxygen atoms in total. The molecule has 17 heavy (non-hydrogen) atoms. The standard InChI is InChI=1S/C14H18O3/c1-10(2)17-14(13(15)16,12-8-9-12)11-6-4-3-5-7-11/h3-7,10,12H,8-9H2,1-2H3,(H,15,16). The van der Waals surface area contributed by atoms with Crippen molar-refractivity contribution < 1.29 is 14.6 Å². The lowest BCUT2D eigenvalue weighted by atomic mass is 9.88. The van der Waals surface area contributed by atoms with Gasteiger partial charge >= 0.3 is 5.97 Å². The predicted molar refractivity (Wildman–Crippen MR) is 64.7 cm³/mol. The third-order valence-corrected chi connectivity index (χ3v) is 3.09. The molecule has 0 bridgehead atoms. The summed E-state index contributed by atoms with van der Waals surface area (Å²) in [5.41, 5.74) is -0.404. The number of hydrogen-bond acceptors (Lipinski definition) is 2. The van der Waals surface area contributed by atoms with E-state index in [1.807, 2.05) is 44.2 Å². The summed E-state index contributed by atoms with van der Waals surface area (Å²) in [5.74, 6) is -0.773. The largest absolute Gasteiger partial charge is 0.479 e. The lowest BCUT2D eigenvalue weighted by molar-refractivity contribution is -0.178. The molecule has 1 unspecified atom stereocenters. The minimum atomic E-state index is -1.16. The van der Waals surface area contributed by atoms with E-state index in [1.54, 1.807) is 0 Å². The summed E-state index contributed by atoms with van der Waals surface area (Å²) >= 11 is 0. The predicted octanol–water partition coefficient (Wildman–Crippen LogP) is 2.80. The van der Waals surface area contributed by atoms with Gasteiger partial charge in [-0.05, 0) is 32.3 Å². The molecular formula is C14H18O3. The van der Waals surface area contributed by atoms with Crippen LogP contribution in [0, 0.1) is 5.92 Å². The Kier molecular flexibility index (Phi) is 3.20. The SMILES string of the molecule is CC(C)OC(C(=O)O)(c1ccccc1)C1CC1. The summed E-state index contributed by atoms with van der Waals surface area (Å²) < 4.78 is 5.81. The van der Waals surface area contributed by atoms with Crippen LogP contribution in [0.4, 0.5) is 0 Å². The number of carbonyl (C=O) groups is 1. The fourth-order valence-corrected chi connectivity index (χ4v) is 2.30. The number of hydrogen-bond donors (Lipinski definition) is 1. The molecule has 1 atom stereocenters. The molecule has 92 valence electrons. The van der Waals surface area contributed by atoms with Crippen molar-refractivity contribution in [3.63, 3.8) is 0 Å². The topological polar surface area (TPSA) is 46.5 Å². The van der Waals surface area contributed by atoms with Gasteiger partial charge in [0.15, 0.2) is 5.60 Å². The fraction of sp³-hybridized carbons (Fsp3) is 0.500. The summed E-state index contributed by atoms with van der Waals surface area (Å²) in [5, 5.41) is 9.61. The average molecular weight is 234 g/mol. The van der Waals surface area contributed by atoms with E-state index in [0.29, 0.717) is 0 Å². The minimum absolute atomic E-state index is 0.102. The lowest BCUT2D eigenvalue weighted by Crippen LogP contribution is -2.42. The number of benzene rings is 1. The normalized spacial score (nSPS) is 19.0. The molecule has 1 fully saturated rings. The Bertz CT molecular complexity index is 395. The Morgan fingerprint density at radius 1 is 1.35 bits per heavy atom. The summed E-state index contributed by atoms with van der Waals surface area (Å²) in [6.45, 7) is 3.76. The van der Waals surface area contributed by atoms with Gasteiger partial charge in [0.05, 0.1) is 6.10 Å². The van der Waals surface area contributed by atoms with Crippen LogP contribution < -0.4 is 0 Å². The highest BCUT2D eigenvalue weighted by molar-refractivity contribution is 5.80. The van der Waals surface area contributed by atoms with E-state index in [4.69, 9.17) is 4.74 Å². The number of ether oxygens (including phenoxy) is 1. The summed E-state index contributed by atoms with van der Waals surface area (Å²) in [6.07, 6.45) is 1.74. The first kappa shape index (κ1) is 12.1. The molecule has 1 N–H and O–H groups in total. The molecule has 0 aliphatic heterocycles. The second kappa shape index (κ2) is 4.49. The minimum Gasteiger partial charge on any atom is -0.479 e. The zero-order chi connectivity index (χ0) is 12.5. The average Bonchev–Trinajstić information content (AvgIpc) is 3.10. The Morgan fingerprint density at radius 2 is 1.94 bits per heavy atom. The molecular weight excluding hydrogens is 216 g/mol. The molecule has 0 aromatic heterocycles. The second-order valence-corrected chi connectivity index (χ2v) is 4.85. The fourth-order valence-electron chi connectivity index (χ4n) is 2.30. The Balaban J connectivity index is 2.44. The molecule has 1 aliphatic carbocycles. The van der Waals surface area contributed by atoms with Gasteiger partial charge in [-0.25, -0.2) is 4.79 Å². The van der Waals surface area contributed by atoms with E-state index >= 15 is 0 Å². The number of carboxylic acid groups (broad SMARTS) is 1.